The molecule has 21 heavy (non-hydrogen) atoms. The van der Waals surface area contributed by atoms with Crippen molar-refractivity contribution in [2.24, 2.45) is 11.1 Å². The van der Waals surface area contributed by atoms with Crippen molar-refractivity contribution in [1.82, 2.24) is 0 Å². The number of benzene rings is 1. The van der Waals surface area contributed by atoms with Crippen molar-refractivity contribution >= 4 is 28.5 Å². The highest BCUT2D eigenvalue weighted by Crippen LogP contribution is 2.34. The molecule has 0 saturated carbocycles. The number of furan rings is 1. The number of carbonyl (C=O) groups is 2. The van der Waals surface area contributed by atoms with E-state index in [9.17, 15) is 18.4 Å². The Labute approximate surface area is 119 Å². The molecule has 1 aromatic heterocycles. The van der Waals surface area contributed by atoms with Crippen molar-refractivity contribution in [2.45, 2.75) is 20.8 Å². The molecular weight excluding hydrogens is 282 g/mol. The fourth-order valence-corrected chi connectivity index (χ4v) is 1.72. The summed E-state index contributed by atoms with van der Waals surface area (Å²) in [4.78, 5) is 23.4. The van der Waals surface area contributed by atoms with Gasteiger partial charge in [-0.2, -0.15) is 0 Å². The SMILES string of the molecule is CC(C)(C)C(=O)Nc1c(C(N)=O)oc2c(F)cc(F)cc12. The van der Waals surface area contributed by atoms with E-state index in [0.29, 0.717) is 6.07 Å². The maximum atomic E-state index is 13.7. The first-order valence-electron chi connectivity index (χ1n) is 6.14. The van der Waals surface area contributed by atoms with Crippen LogP contribution in [0.2, 0.25) is 0 Å². The number of hydrogen-bond acceptors (Lipinski definition) is 3. The highest BCUT2D eigenvalue weighted by atomic mass is 19.1. The second-order valence-electron chi connectivity index (χ2n) is 5.64. The van der Waals surface area contributed by atoms with Crippen molar-refractivity contribution in [3.8, 4) is 0 Å². The van der Waals surface area contributed by atoms with E-state index in [1.54, 1.807) is 20.8 Å². The quantitative estimate of drug-likeness (QED) is 0.893. The summed E-state index contributed by atoms with van der Waals surface area (Å²) in [6.45, 7) is 4.95. The molecule has 5 nitrogen and oxygen atoms in total. The third-order valence-electron chi connectivity index (χ3n) is 2.85. The molecule has 0 radical (unpaired) electrons. The second-order valence-corrected chi connectivity index (χ2v) is 5.64. The smallest absolute Gasteiger partial charge is 0.286 e. The van der Waals surface area contributed by atoms with E-state index in [4.69, 9.17) is 10.2 Å². The number of amides is 2. The van der Waals surface area contributed by atoms with Crippen molar-refractivity contribution in [2.75, 3.05) is 5.32 Å². The first kappa shape index (κ1) is 15.0. The van der Waals surface area contributed by atoms with Crippen LogP contribution in [-0.2, 0) is 4.79 Å². The van der Waals surface area contributed by atoms with Crippen LogP contribution in [0.25, 0.3) is 11.0 Å². The van der Waals surface area contributed by atoms with E-state index in [-0.39, 0.29) is 16.7 Å². The van der Waals surface area contributed by atoms with Crippen molar-refractivity contribution in [3.05, 3.63) is 29.5 Å². The van der Waals surface area contributed by atoms with Gasteiger partial charge in [0.2, 0.25) is 11.7 Å². The average molecular weight is 296 g/mol. The molecule has 0 saturated heterocycles. The molecule has 0 aliphatic carbocycles. The van der Waals surface area contributed by atoms with Gasteiger partial charge >= 0.3 is 0 Å². The number of fused-ring (bicyclic) bond motifs is 1. The molecule has 2 rings (SSSR count). The van der Waals surface area contributed by atoms with Crippen LogP contribution in [0.3, 0.4) is 0 Å². The average Bonchev–Trinajstić information content (AvgIpc) is 2.67. The molecule has 2 aromatic rings. The minimum absolute atomic E-state index is 0.0566. The van der Waals surface area contributed by atoms with Crippen LogP contribution < -0.4 is 11.1 Å². The summed E-state index contributed by atoms with van der Waals surface area (Å²) < 4.78 is 32.1. The van der Waals surface area contributed by atoms with Gasteiger partial charge in [-0.3, -0.25) is 9.59 Å². The summed E-state index contributed by atoms with van der Waals surface area (Å²) >= 11 is 0. The molecule has 0 aliphatic rings. The molecule has 0 aliphatic heterocycles. The maximum absolute atomic E-state index is 13.7. The highest BCUT2D eigenvalue weighted by molar-refractivity contribution is 6.11. The van der Waals surface area contributed by atoms with Gasteiger partial charge in [0.1, 0.15) is 11.5 Å². The number of primary amides is 1. The summed E-state index contributed by atoms with van der Waals surface area (Å²) in [5, 5.41) is 2.39. The number of rotatable bonds is 2. The zero-order chi connectivity index (χ0) is 15.9. The number of nitrogens with one attached hydrogen (secondary N) is 1. The van der Waals surface area contributed by atoms with E-state index in [0.717, 1.165) is 6.07 Å². The van der Waals surface area contributed by atoms with Crippen molar-refractivity contribution < 1.29 is 22.8 Å². The van der Waals surface area contributed by atoms with Gasteiger partial charge in [0, 0.05) is 11.5 Å². The van der Waals surface area contributed by atoms with E-state index < -0.39 is 34.6 Å². The van der Waals surface area contributed by atoms with Gasteiger partial charge < -0.3 is 15.5 Å². The van der Waals surface area contributed by atoms with E-state index in [2.05, 4.69) is 5.32 Å². The normalized spacial score (nSPS) is 11.7. The Morgan fingerprint density at radius 3 is 2.38 bits per heavy atom. The van der Waals surface area contributed by atoms with Crippen LogP contribution in [0.1, 0.15) is 31.3 Å². The monoisotopic (exact) mass is 296 g/mol. The fraction of sp³-hybridized carbons (Fsp3) is 0.286. The number of carbonyl (C=O) groups excluding carboxylic acids is 2. The Bertz CT molecular complexity index is 745. The van der Waals surface area contributed by atoms with E-state index >= 15 is 0 Å². The number of nitrogens with two attached hydrogens (primary N) is 1. The van der Waals surface area contributed by atoms with Gasteiger partial charge in [-0.15, -0.1) is 0 Å². The number of anilines is 1. The summed E-state index contributed by atoms with van der Waals surface area (Å²) in [5.74, 6) is -3.70. The standard InChI is InChI=1S/C14H14F2N2O3/c1-14(2,3)13(20)18-9-7-4-6(15)5-8(16)10(7)21-11(9)12(17)19/h4-5H,1-3H3,(H2,17,19)(H,18,20). The third kappa shape index (κ3) is 2.72. The van der Waals surface area contributed by atoms with Gasteiger partial charge in [-0.1, -0.05) is 20.8 Å². The molecule has 3 N–H and O–H groups in total. The van der Waals surface area contributed by atoms with Crippen molar-refractivity contribution in [1.29, 1.82) is 0 Å². The molecule has 1 heterocycles. The zero-order valence-corrected chi connectivity index (χ0v) is 11.7. The minimum Gasteiger partial charge on any atom is -0.446 e. The van der Waals surface area contributed by atoms with Gasteiger partial charge in [-0.25, -0.2) is 8.78 Å². The van der Waals surface area contributed by atoms with Crippen LogP contribution in [-0.4, -0.2) is 11.8 Å². The predicted molar refractivity (Wildman–Crippen MR) is 72.7 cm³/mol. The molecule has 112 valence electrons. The second kappa shape index (κ2) is 4.83. The summed E-state index contributed by atoms with van der Waals surface area (Å²) in [6, 6.07) is 1.58. The molecule has 0 bridgehead atoms. The van der Waals surface area contributed by atoms with Gasteiger partial charge in [0.25, 0.3) is 5.91 Å². The fourth-order valence-electron chi connectivity index (χ4n) is 1.72. The Kier molecular flexibility index (Phi) is 3.44. The molecule has 7 heteroatoms. The van der Waals surface area contributed by atoms with Crippen LogP contribution in [0.5, 0.6) is 0 Å². The predicted octanol–water partition coefficient (Wildman–Crippen LogP) is 2.79. The molecule has 2 amide bonds. The molecular formula is C14H14F2N2O3. The Balaban J connectivity index is 2.67. The Morgan fingerprint density at radius 1 is 1.24 bits per heavy atom. The largest absolute Gasteiger partial charge is 0.446 e. The Hall–Kier alpha value is -2.44. The maximum Gasteiger partial charge on any atom is 0.286 e. The van der Waals surface area contributed by atoms with Gasteiger partial charge in [0.15, 0.2) is 11.4 Å². The minimum atomic E-state index is -0.991. The number of hydrogen-bond donors (Lipinski definition) is 2. The van der Waals surface area contributed by atoms with Crippen LogP contribution in [0.15, 0.2) is 16.5 Å². The molecule has 0 spiro atoms. The zero-order valence-electron chi connectivity index (χ0n) is 11.7. The topological polar surface area (TPSA) is 85.3 Å². The third-order valence-corrected chi connectivity index (χ3v) is 2.85. The lowest BCUT2D eigenvalue weighted by Crippen LogP contribution is -2.28. The Morgan fingerprint density at radius 2 is 1.86 bits per heavy atom. The van der Waals surface area contributed by atoms with E-state index in [1.807, 2.05) is 0 Å². The van der Waals surface area contributed by atoms with Gasteiger partial charge in [0.05, 0.1) is 5.39 Å². The van der Waals surface area contributed by atoms with Crippen LogP contribution in [0.4, 0.5) is 14.5 Å². The molecule has 1 aromatic carbocycles. The molecule has 0 atom stereocenters. The number of halogens is 2. The summed E-state index contributed by atoms with van der Waals surface area (Å²) in [5.41, 5.74) is 3.91. The lowest BCUT2D eigenvalue weighted by Gasteiger charge is -2.17. The van der Waals surface area contributed by atoms with Crippen LogP contribution in [0, 0.1) is 17.0 Å². The van der Waals surface area contributed by atoms with Crippen molar-refractivity contribution in [3.63, 3.8) is 0 Å². The first-order chi connectivity index (χ1) is 9.61. The first-order valence-corrected chi connectivity index (χ1v) is 6.14. The summed E-state index contributed by atoms with van der Waals surface area (Å²) in [7, 11) is 0. The molecule has 0 fully saturated rings. The van der Waals surface area contributed by atoms with Crippen LogP contribution >= 0.6 is 0 Å². The highest BCUT2D eigenvalue weighted by Gasteiger charge is 2.27. The molecule has 0 unspecified atom stereocenters. The lowest BCUT2D eigenvalue weighted by atomic mass is 9.95. The van der Waals surface area contributed by atoms with E-state index in [1.165, 1.54) is 0 Å². The summed E-state index contributed by atoms with van der Waals surface area (Å²) in [6.07, 6.45) is 0. The van der Waals surface area contributed by atoms with Gasteiger partial charge in [-0.05, 0) is 6.07 Å². The lowest BCUT2D eigenvalue weighted by molar-refractivity contribution is -0.123.